The number of phosphoric acid groups is 1. The molecular formula is C25H47O10P. The van der Waals surface area contributed by atoms with Crippen LogP contribution < -0.4 is 0 Å². The minimum atomic E-state index is -4.45. The molecule has 1 fully saturated rings. The first-order valence-electron chi connectivity index (χ1n) is 13.3. The normalized spacial score (nSPS) is 19.5. The van der Waals surface area contributed by atoms with Gasteiger partial charge in [-0.25, -0.2) is 4.57 Å². The predicted octanol–water partition coefficient (Wildman–Crippen LogP) is 5.45. The molecule has 0 bridgehead atoms. The van der Waals surface area contributed by atoms with Gasteiger partial charge in [-0.3, -0.25) is 18.6 Å². The lowest BCUT2D eigenvalue weighted by atomic mass is 10.1. The number of rotatable bonds is 21. The molecule has 1 aliphatic heterocycles. The molecule has 0 aliphatic carbocycles. The summed E-state index contributed by atoms with van der Waals surface area (Å²) < 4.78 is 43.3. The molecule has 0 aromatic heterocycles. The minimum Gasteiger partial charge on any atom is -0.462 e. The molecule has 1 saturated heterocycles. The van der Waals surface area contributed by atoms with Crippen LogP contribution in [0.15, 0.2) is 0 Å². The van der Waals surface area contributed by atoms with Crippen LogP contribution in [0.4, 0.5) is 0 Å². The third kappa shape index (κ3) is 17.4. The topological polar surface area (TPSA) is 127 Å². The minimum absolute atomic E-state index is 0.204. The number of carbonyl (C=O) groups excluding carboxylic acids is 2. The molecule has 212 valence electrons. The molecule has 0 saturated carbocycles. The third-order valence-electron chi connectivity index (χ3n) is 5.67. The summed E-state index contributed by atoms with van der Waals surface area (Å²) >= 11 is 0. The van der Waals surface area contributed by atoms with Crippen LogP contribution in [0.3, 0.4) is 0 Å². The maximum absolute atomic E-state index is 12.2. The lowest BCUT2D eigenvalue weighted by Gasteiger charge is -2.20. The van der Waals surface area contributed by atoms with Crippen molar-refractivity contribution in [3.05, 3.63) is 0 Å². The van der Waals surface area contributed by atoms with Crippen molar-refractivity contribution in [3.63, 3.8) is 0 Å². The lowest BCUT2D eigenvalue weighted by molar-refractivity contribution is -0.160. The third-order valence-corrected chi connectivity index (χ3v) is 6.62. The average molecular weight is 539 g/mol. The maximum Gasteiger partial charge on any atom is 0.472 e. The second kappa shape index (κ2) is 18.3. The molecule has 0 radical (unpaired) electrons. The zero-order chi connectivity index (χ0) is 26.9. The highest BCUT2D eigenvalue weighted by Crippen LogP contribution is 2.44. The van der Waals surface area contributed by atoms with Gasteiger partial charge < -0.3 is 23.8 Å². The Morgan fingerprint density at radius 3 is 2.08 bits per heavy atom. The number of phosphoric ester groups is 1. The summed E-state index contributed by atoms with van der Waals surface area (Å²) in [6, 6.07) is 0. The first-order chi connectivity index (χ1) is 17.0. The van der Waals surface area contributed by atoms with E-state index in [-0.39, 0.29) is 26.2 Å². The second-order valence-corrected chi connectivity index (χ2v) is 11.2. The largest absolute Gasteiger partial charge is 0.472 e. The van der Waals surface area contributed by atoms with E-state index >= 15 is 0 Å². The van der Waals surface area contributed by atoms with Crippen molar-refractivity contribution < 1.29 is 47.0 Å². The van der Waals surface area contributed by atoms with Crippen LogP contribution >= 0.6 is 7.82 Å². The number of carbonyl (C=O) groups is 2. The molecule has 1 aliphatic rings. The fourth-order valence-corrected chi connectivity index (χ4v) is 4.53. The highest BCUT2D eigenvalue weighted by molar-refractivity contribution is 7.47. The van der Waals surface area contributed by atoms with Gasteiger partial charge in [0.25, 0.3) is 0 Å². The van der Waals surface area contributed by atoms with E-state index in [2.05, 4.69) is 6.92 Å². The Kier molecular flexibility index (Phi) is 16.7. The van der Waals surface area contributed by atoms with E-state index in [0.29, 0.717) is 6.42 Å². The van der Waals surface area contributed by atoms with Crippen molar-refractivity contribution in [1.82, 2.24) is 0 Å². The molecule has 3 atom stereocenters. The van der Waals surface area contributed by atoms with Gasteiger partial charge in [0.05, 0.1) is 19.8 Å². The molecule has 10 nitrogen and oxygen atoms in total. The van der Waals surface area contributed by atoms with Crippen LogP contribution in [0, 0.1) is 0 Å². The summed E-state index contributed by atoms with van der Waals surface area (Å²) in [6.07, 6.45) is 11.6. The summed E-state index contributed by atoms with van der Waals surface area (Å²) in [5.74, 6) is -1.82. The molecule has 1 N–H and O–H groups in total. The van der Waals surface area contributed by atoms with Crippen molar-refractivity contribution in [2.45, 2.75) is 123 Å². The molecule has 0 spiro atoms. The Labute approximate surface area is 216 Å². The van der Waals surface area contributed by atoms with E-state index < -0.39 is 44.4 Å². The summed E-state index contributed by atoms with van der Waals surface area (Å²) in [6.45, 7) is 6.17. The van der Waals surface area contributed by atoms with E-state index in [9.17, 15) is 19.0 Å². The van der Waals surface area contributed by atoms with Gasteiger partial charge in [0.15, 0.2) is 11.9 Å². The standard InChI is InChI=1S/C25H47O10P/c1-5-6-7-8-9-10-11-12-13-14-15-16-24(27)34-22(17-30-21(2)26)19-32-36(28,29)33-20-23-18-31-25(3,4)35-23/h22-23H,5-20H2,1-4H3,(H,28,29)/t22-,23?/m1/s1. The fourth-order valence-electron chi connectivity index (χ4n) is 3.74. The van der Waals surface area contributed by atoms with Crippen molar-refractivity contribution >= 4 is 19.8 Å². The Balaban J connectivity index is 2.26. The van der Waals surface area contributed by atoms with Gasteiger partial charge in [-0.15, -0.1) is 0 Å². The van der Waals surface area contributed by atoms with Gasteiger partial charge in [0.2, 0.25) is 0 Å². The smallest absolute Gasteiger partial charge is 0.462 e. The Bertz CT molecular complexity index is 669. The molecular weight excluding hydrogens is 491 g/mol. The summed E-state index contributed by atoms with van der Waals surface area (Å²) in [4.78, 5) is 33.3. The highest BCUT2D eigenvalue weighted by atomic mass is 31.2. The lowest BCUT2D eigenvalue weighted by Crippen LogP contribution is -2.29. The summed E-state index contributed by atoms with van der Waals surface area (Å²) in [5, 5.41) is 0. The molecule has 36 heavy (non-hydrogen) atoms. The van der Waals surface area contributed by atoms with E-state index in [4.69, 9.17) is 28.0 Å². The SMILES string of the molecule is CCCCCCCCCCCCCC(=O)O[C@H](COC(C)=O)COP(=O)(O)OCC1COC(C)(C)O1. The van der Waals surface area contributed by atoms with Crippen molar-refractivity contribution in [2.75, 3.05) is 26.4 Å². The van der Waals surface area contributed by atoms with Crippen LogP contribution in [-0.4, -0.2) is 61.3 Å². The summed E-state index contributed by atoms with van der Waals surface area (Å²) in [5.41, 5.74) is 0. The van der Waals surface area contributed by atoms with Gasteiger partial charge in [-0.2, -0.15) is 0 Å². The van der Waals surface area contributed by atoms with Crippen LogP contribution in [-0.2, 0) is 42.1 Å². The quantitative estimate of drug-likeness (QED) is 0.114. The van der Waals surface area contributed by atoms with E-state index in [1.807, 2.05) is 0 Å². The molecule has 11 heteroatoms. The van der Waals surface area contributed by atoms with E-state index in [0.717, 1.165) is 19.3 Å². The number of hydrogen-bond donors (Lipinski definition) is 1. The molecule has 1 heterocycles. The Morgan fingerprint density at radius 1 is 0.972 bits per heavy atom. The number of unbranched alkanes of at least 4 members (excludes halogenated alkanes) is 10. The van der Waals surface area contributed by atoms with Crippen LogP contribution in [0.5, 0.6) is 0 Å². The maximum atomic E-state index is 12.2. The van der Waals surface area contributed by atoms with Gasteiger partial charge in [-0.05, 0) is 20.3 Å². The van der Waals surface area contributed by atoms with Gasteiger partial charge in [0, 0.05) is 13.3 Å². The average Bonchev–Trinajstić information content (AvgIpc) is 3.16. The summed E-state index contributed by atoms with van der Waals surface area (Å²) in [7, 11) is -4.45. The monoisotopic (exact) mass is 538 g/mol. The first-order valence-corrected chi connectivity index (χ1v) is 14.8. The van der Waals surface area contributed by atoms with E-state index in [1.54, 1.807) is 13.8 Å². The van der Waals surface area contributed by atoms with Gasteiger partial charge >= 0.3 is 19.8 Å². The van der Waals surface area contributed by atoms with Crippen molar-refractivity contribution in [3.8, 4) is 0 Å². The molecule has 1 rings (SSSR count). The molecule has 2 unspecified atom stereocenters. The van der Waals surface area contributed by atoms with Crippen LogP contribution in [0.2, 0.25) is 0 Å². The molecule has 0 aromatic rings. The molecule has 0 amide bonds. The highest BCUT2D eigenvalue weighted by Gasteiger charge is 2.35. The Hall–Kier alpha value is -1.03. The predicted molar refractivity (Wildman–Crippen MR) is 134 cm³/mol. The second-order valence-electron chi connectivity index (χ2n) is 9.71. The first kappa shape index (κ1) is 33.0. The Morgan fingerprint density at radius 2 is 1.56 bits per heavy atom. The number of hydrogen-bond acceptors (Lipinski definition) is 9. The fraction of sp³-hybridized carbons (Fsp3) is 0.920. The number of esters is 2. The number of ether oxygens (including phenoxy) is 4. The molecule has 0 aromatic carbocycles. The van der Waals surface area contributed by atoms with Gasteiger partial charge in [-0.1, -0.05) is 71.1 Å². The zero-order valence-corrected chi connectivity index (χ0v) is 23.4. The van der Waals surface area contributed by atoms with Crippen molar-refractivity contribution in [2.24, 2.45) is 0 Å². The van der Waals surface area contributed by atoms with Crippen LogP contribution in [0.1, 0.15) is 105 Å². The van der Waals surface area contributed by atoms with Crippen LogP contribution in [0.25, 0.3) is 0 Å². The van der Waals surface area contributed by atoms with E-state index in [1.165, 1.54) is 51.9 Å². The van der Waals surface area contributed by atoms with Gasteiger partial charge in [0.1, 0.15) is 12.7 Å². The van der Waals surface area contributed by atoms with Crippen molar-refractivity contribution in [1.29, 1.82) is 0 Å². The zero-order valence-electron chi connectivity index (χ0n) is 22.5.